The SMILES string of the molecule is CN(C)c1ccc([C@H](CNS(=O)(=O)c2ccccc2[N+](=O)[O-])[NH+]2CCCC2)cc1. The highest BCUT2D eigenvalue weighted by Gasteiger charge is 2.31. The Bertz CT molecular complexity index is 955. The molecular weight excluding hydrogens is 392 g/mol. The molecule has 0 aliphatic carbocycles. The summed E-state index contributed by atoms with van der Waals surface area (Å²) in [4.78, 5) is 13.6. The first-order chi connectivity index (χ1) is 13.8. The van der Waals surface area contributed by atoms with E-state index in [1.54, 1.807) is 0 Å². The molecule has 3 rings (SSSR count). The van der Waals surface area contributed by atoms with Crippen LogP contribution in [0, 0.1) is 10.1 Å². The van der Waals surface area contributed by atoms with Gasteiger partial charge in [0.25, 0.3) is 5.69 Å². The minimum absolute atomic E-state index is 0.0498. The summed E-state index contributed by atoms with van der Waals surface area (Å²) in [5.41, 5.74) is 1.71. The highest BCUT2D eigenvalue weighted by Crippen LogP contribution is 2.23. The Kier molecular flexibility index (Phi) is 6.51. The van der Waals surface area contributed by atoms with Crippen molar-refractivity contribution in [2.24, 2.45) is 0 Å². The van der Waals surface area contributed by atoms with Gasteiger partial charge in [-0.3, -0.25) is 10.1 Å². The Hall–Kier alpha value is -2.49. The summed E-state index contributed by atoms with van der Waals surface area (Å²) in [5, 5.41) is 11.2. The number of quaternary nitrogens is 1. The van der Waals surface area contributed by atoms with Crippen LogP contribution in [0.1, 0.15) is 24.4 Å². The fourth-order valence-electron chi connectivity index (χ4n) is 3.79. The standard InChI is InChI=1S/C20H26N4O4S/c1-22(2)17-11-9-16(10-12-17)19(23-13-5-6-14-23)15-21-29(27,28)20-8-4-3-7-18(20)24(25)26/h3-4,7-12,19,21H,5-6,13-15H2,1-2H3/p+1/t19-/m0/s1. The topological polar surface area (TPSA) is 97.0 Å². The van der Waals surface area contributed by atoms with Crippen LogP contribution >= 0.6 is 0 Å². The number of para-hydroxylation sites is 1. The molecule has 1 aliphatic rings. The molecule has 0 amide bonds. The van der Waals surface area contributed by atoms with E-state index in [1.807, 2.05) is 43.3 Å². The maximum atomic E-state index is 12.8. The quantitative estimate of drug-likeness (QED) is 0.497. The van der Waals surface area contributed by atoms with Crippen molar-refractivity contribution in [3.8, 4) is 0 Å². The van der Waals surface area contributed by atoms with Crippen molar-refractivity contribution in [3.05, 3.63) is 64.2 Å². The zero-order chi connectivity index (χ0) is 21.0. The lowest BCUT2D eigenvalue weighted by Gasteiger charge is -2.26. The summed E-state index contributed by atoms with van der Waals surface area (Å²) < 4.78 is 28.3. The number of rotatable bonds is 8. The average Bonchev–Trinajstić information content (AvgIpc) is 3.23. The number of nitro benzene ring substituents is 1. The Morgan fingerprint density at radius 3 is 2.31 bits per heavy atom. The summed E-state index contributed by atoms with van der Waals surface area (Å²) in [6.45, 7) is 2.14. The van der Waals surface area contributed by atoms with Crippen LogP contribution in [0.15, 0.2) is 53.4 Å². The minimum atomic E-state index is -4.00. The van der Waals surface area contributed by atoms with Gasteiger partial charge < -0.3 is 9.80 Å². The predicted molar refractivity (Wildman–Crippen MR) is 112 cm³/mol. The molecule has 2 aromatic carbocycles. The van der Waals surface area contributed by atoms with Crippen molar-refractivity contribution in [1.82, 2.24) is 4.72 Å². The van der Waals surface area contributed by atoms with Crippen LogP contribution in [0.5, 0.6) is 0 Å². The van der Waals surface area contributed by atoms with Gasteiger partial charge in [-0.25, -0.2) is 13.1 Å². The van der Waals surface area contributed by atoms with Gasteiger partial charge in [-0.15, -0.1) is 0 Å². The van der Waals surface area contributed by atoms with E-state index in [9.17, 15) is 18.5 Å². The fraction of sp³-hybridized carbons (Fsp3) is 0.400. The van der Waals surface area contributed by atoms with Gasteiger partial charge in [-0.2, -0.15) is 0 Å². The molecule has 1 saturated heterocycles. The van der Waals surface area contributed by atoms with Crippen molar-refractivity contribution in [2.75, 3.05) is 38.6 Å². The van der Waals surface area contributed by atoms with Crippen LogP contribution in [-0.2, 0) is 10.0 Å². The van der Waals surface area contributed by atoms with Crippen molar-refractivity contribution in [3.63, 3.8) is 0 Å². The normalized spacial score (nSPS) is 15.9. The molecule has 0 saturated carbocycles. The largest absolute Gasteiger partial charge is 0.378 e. The lowest BCUT2D eigenvalue weighted by Crippen LogP contribution is -3.11. The molecule has 0 spiro atoms. The monoisotopic (exact) mass is 419 g/mol. The van der Waals surface area contributed by atoms with Crippen molar-refractivity contribution < 1.29 is 18.2 Å². The lowest BCUT2D eigenvalue weighted by molar-refractivity contribution is -0.918. The first-order valence-electron chi connectivity index (χ1n) is 9.64. The maximum Gasteiger partial charge on any atom is 0.289 e. The number of nitro groups is 1. The van der Waals surface area contributed by atoms with Gasteiger partial charge in [-0.05, 0) is 18.2 Å². The van der Waals surface area contributed by atoms with Gasteiger partial charge in [0.2, 0.25) is 10.0 Å². The minimum Gasteiger partial charge on any atom is -0.378 e. The molecular formula is C20H27N4O4S+. The average molecular weight is 420 g/mol. The smallest absolute Gasteiger partial charge is 0.289 e. The summed E-state index contributed by atoms with van der Waals surface area (Å²) in [6.07, 6.45) is 2.22. The van der Waals surface area contributed by atoms with Gasteiger partial charge in [0.05, 0.1) is 24.6 Å². The highest BCUT2D eigenvalue weighted by atomic mass is 32.2. The molecule has 9 heteroatoms. The van der Waals surface area contributed by atoms with Crippen LogP contribution in [0.3, 0.4) is 0 Å². The Morgan fingerprint density at radius 2 is 1.72 bits per heavy atom. The second-order valence-corrected chi connectivity index (χ2v) is 9.22. The number of sulfonamides is 1. The summed E-state index contributed by atoms with van der Waals surface area (Å²) in [7, 11) is -0.0607. The first kappa shape index (κ1) is 21.2. The second-order valence-electron chi connectivity index (χ2n) is 7.48. The molecule has 2 N–H and O–H groups in total. The van der Waals surface area contributed by atoms with Gasteiger partial charge in [0.15, 0.2) is 4.90 Å². The molecule has 0 unspecified atom stereocenters. The van der Waals surface area contributed by atoms with Gasteiger partial charge >= 0.3 is 0 Å². The molecule has 1 heterocycles. The van der Waals surface area contributed by atoms with Crippen LogP contribution in [-0.4, -0.2) is 47.1 Å². The number of nitrogens with zero attached hydrogens (tertiary/aromatic N) is 2. The van der Waals surface area contributed by atoms with E-state index >= 15 is 0 Å². The van der Waals surface area contributed by atoms with Crippen molar-refractivity contribution in [1.29, 1.82) is 0 Å². The van der Waals surface area contributed by atoms with E-state index in [-0.39, 0.29) is 17.5 Å². The van der Waals surface area contributed by atoms with Gasteiger partial charge in [0, 0.05) is 44.3 Å². The molecule has 0 radical (unpaired) electrons. The third-order valence-corrected chi connectivity index (χ3v) is 6.85. The molecule has 29 heavy (non-hydrogen) atoms. The third kappa shape index (κ3) is 4.92. The number of anilines is 1. The van der Waals surface area contributed by atoms with E-state index < -0.39 is 20.6 Å². The van der Waals surface area contributed by atoms with Gasteiger partial charge in [0.1, 0.15) is 6.04 Å². The van der Waals surface area contributed by atoms with Crippen LogP contribution in [0.25, 0.3) is 0 Å². The predicted octanol–water partition coefficient (Wildman–Crippen LogP) is 1.36. The van der Waals surface area contributed by atoms with Crippen molar-refractivity contribution >= 4 is 21.4 Å². The van der Waals surface area contributed by atoms with Crippen LogP contribution in [0.2, 0.25) is 0 Å². The Morgan fingerprint density at radius 1 is 1.10 bits per heavy atom. The number of hydrogen-bond acceptors (Lipinski definition) is 5. The van der Waals surface area contributed by atoms with E-state index in [0.29, 0.717) is 0 Å². The fourth-order valence-corrected chi connectivity index (χ4v) is 5.00. The summed E-state index contributed by atoms with van der Waals surface area (Å²) >= 11 is 0. The first-order valence-corrected chi connectivity index (χ1v) is 11.1. The lowest BCUT2D eigenvalue weighted by atomic mass is 10.1. The van der Waals surface area contributed by atoms with Crippen LogP contribution < -0.4 is 14.5 Å². The van der Waals surface area contributed by atoms with Crippen LogP contribution in [0.4, 0.5) is 11.4 Å². The Balaban J connectivity index is 1.84. The molecule has 2 aromatic rings. The van der Waals surface area contributed by atoms with E-state index in [2.05, 4.69) is 4.72 Å². The molecule has 156 valence electrons. The molecule has 8 nitrogen and oxygen atoms in total. The maximum absolute atomic E-state index is 12.8. The van der Waals surface area contributed by atoms with E-state index in [1.165, 1.54) is 29.2 Å². The number of hydrogen-bond donors (Lipinski definition) is 2. The van der Waals surface area contributed by atoms with E-state index in [0.717, 1.165) is 37.2 Å². The second kappa shape index (κ2) is 8.89. The summed E-state index contributed by atoms with van der Waals surface area (Å²) in [5.74, 6) is 0. The molecule has 0 aromatic heterocycles. The highest BCUT2D eigenvalue weighted by molar-refractivity contribution is 7.89. The van der Waals surface area contributed by atoms with E-state index in [4.69, 9.17) is 0 Å². The molecule has 1 fully saturated rings. The number of nitrogens with one attached hydrogen (secondary N) is 2. The zero-order valence-electron chi connectivity index (χ0n) is 16.7. The summed E-state index contributed by atoms with van der Waals surface area (Å²) in [6, 6.07) is 13.5. The molecule has 1 aliphatic heterocycles. The molecule has 0 bridgehead atoms. The molecule has 1 atom stereocenters. The number of likely N-dealkylation sites (tertiary alicyclic amines) is 1. The third-order valence-electron chi connectivity index (χ3n) is 5.38. The number of benzene rings is 2. The zero-order valence-corrected chi connectivity index (χ0v) is 17.5. The van der Waals surface area contributed by atoms with Gasteiger partial charge in [-0.1, -0.05) is 24.3 Å². The Labute approximate surface area is 171 Å². The van der Waals surface area contributed by atoms with Crippen molar-refractivity contribution in [2.45, 2.75) is 23.8 Å².